The largest absolute Gasteiger partial charge is 0.379 e. The van der Waals surface area contributed by atoms with Gasteiger partial charge in [-0.05, 0) is 30.9 Å². The summed E-state index contributed by atoms with van der Waals surface area (Å²) < 4.78 is 16.2. The number of nitrogens with one attached hydrogen (secondary N) is 2. The molecule has 3 rings (SSSR count). The number of nitrogens with zero attached hydrogens (tertiary/aromatic N) is 1. The predicted octanol–water partition coefficient (Wildman–Crippen LogP) is 3.22. The van der Waals surface area contributed by atoms with Crippen LogP contribution < -0.4 is 10.6 Å². The molecule has 0 aliphatic carbocycles. The minimum atomic E-state index is -0.667. The van der Waals surface area contributed by atoms with Gasteiger partial charge in [0, 0.05) is 95.5 Å². The van der Waals surface area contributed by atoms with E-state index in [2.05, 4.69) is 10.6 Å². The molecule has 2 heterocycles. The van der Waals surface area contributed by atoms with Gasteiger partial charge >= 0.3 is 0 Å². The lowest BCUT2D eigenvalue weighted by Gasteiger charge is -2.15. The molecule has 2 atom stereocenters. The van der Waals surface area contributed by atoms with Gasteiger partial charge in [0.2, 0.25) is 23.6 Å². The summed E-state index contributed by atoms with van der Waals surface area (Å²) in [6.07, 6.45) is 2.13. The lowest BCUT2D eigenvalue weighted by atomic mass is 9.92. The average molecular weight is 922 g/mol. The maximum atomic E-state index is 12.9. The van der Waals surface area contributed by atoms with Crippen LogP contribution in [0.2, 0.25) is 0 Å². The van der Waals surface area contributed by atoms with E-state index in [1.165, 1.54) is 18.7 Å². The van der Waals surface area contributed by atoms with Gasteiger partial charge in [-0.15, -0.1) is 11.8 Å². The van der Waals surface area contributed by atoms with Gasteiger partial charge in [0.25, 0.3) is 0 Å². The number of carbonyl (C=O) groups is 10. The number of aryl methyl sites for hydroxylation is 1. The molecule has 62 heavy (non-hydrogen) atoms. The van der Waals surface area contributed by atoms with Crippen LogP contribution in [0.5, 0.6) is 0 Å². The number of amides is 4. The van der Waals surface area contributed by atoms with Crippen molar-refractivity contribution in [3.8, 4) is 0 Å². The molecule has 19 heteroatoms. The number of benzene rings is 1. The van der Waals surface area contributed by atoms with E-state index in [0.29, 0.717) is 52.0 Å². The summed E-state index contributed by atoms with van der Waals surface area (Å²) in [6, 6.07) is 7.29. The van der Waals surface area contributed by atoms with Crippen molar-refractivity contribution in [1.29, 1.82) is 0 Å². The first kappa shape index (κ1) is 52.6. The lowest BCUT2D eigenvalue weighted by Crippen LogP contribution is -2.36. The maximum absolute atomic E-state index is 12.9. The second kappa shape index (κ2) is 29.6. The van der Waals surface area contributed by atoms with E-state index in [1.54, 1.807) is 40.6 Å². The van der Waals surface area contributed by atoms with Crippen molar-refractivity contribution in [2.24, 2.45) is 5.92 Å². The Labute approximate surface area is 375 Å². The van der Waals surface area contributed by atoms with Gasteiger partial charge in [0.15, 0.2) is 17.3 Å². The van der Waals surface area contributed by atoms with E-state index in [-0.39, 0.29) is 147 Å². The van der Waals surface area contributed by atoms with Crippen LogP contribution >= 0.6 is 33.3 Å². The van der Waals surface area contributed by atoms with Gasteiger partial charge in [0.1, 0.15) is 35.1 Å². The van der Waals surface area contributed by atoms with Crippen LogP contribution in [-0.4, -0.2) is 138 Å². The third-order valence-corrected chi connectivity index (χ3v) is 13.2. The highest BCUT2D eigenvalue weighted by atomic mass is 33.2. The fraction of sp³-hybridized carbons (Fsp3) is 0.628. The number of hydrogen-bond donors (Lipinski definition) is 2. The second-order valence-electron chi connectivity index (χ2n) is 14.9. The zero-order valence-electron chi connectivity index (χ0n) is 35.6. The third kappa shape index (κ3) is 22.0. The van der Waals surface area contributed by atoms with Gasteiger partial charge in [-0.2, -0.15) is 0 Å². The van der Waals surface area contributed by atoms with Crippen LogP contribution in [-0.2, 0) is 75.0 Å². The number of likely N-dealkylation sites (tertiary alicyclic amines) is 1. The summed E-state index contributed by atoms with van der Waals surface area (Å²) in [6.45, 7) is 4.35. The van der Waals surface area contributed by atoms with Gasteiger partial charge in [-0.1, -0.05) is 52.8 Å². The predicted molar refractivity (Wildman–Crippen MR) is 235 cm³/mol. The second-order valence-corrected chi connectivity index (χ2v) is 19.0. The highest BCUT2D eigenvalue weighted by Crippen LogP contribution is 2.53. The van der Waals surface area contributed by atoms with E-state index in [1.807, 2.05) is 12.1 Å². The van der Waals surface area contributed by atoms with Crippen molar-refractivity contribution in [3.63, 3.8) is 0 Å². The molecule has 2 aliphatic heterocycles. The molecule has 16 nitrogen and oxygen atoms in total. The van der Waals surface area contributed by atoms with Crippen LogP contribution in [0.25, 0.3) is 0 Å². The van der Waals surface area contributed by atoms with Crippen molar-refractivity contribution >= 4 is 91.7 Å². The summed E-state index contributed by atoms with van der Waals surface area (Å²) in [5.74, 6) is -2.35. The molecule has 4 amide bonds. The zero-order valence-corrected chi connectivity index (χ0v) is 38.0. The van der Waals surface area contributed by atoms with Gasteiger partial charge < -0.3 is 24.8 Å². The Hall–Kier alpha value is -3.75. The monoisotopic (exact) mass is 921 g/mol. The van der Waals surface area contributed by atoms with Crippen LogP contribution in [0.3, 0.4) is 0 Å². The maximum Gasteiger partial charge on any atom is 0.242 e. The Morgan fingerprint density at radius 2 is 1.40 bits per heavy atom. The zero-order chi connectivity index (χ0) is 45.3. The molecule has 0 radical (unpaired) electrons. The first-order valence-corrected chi connectivity index (χ1v) is 24.3. The molecule has 2 N–H and O–H groups in total. The van der Waals surface area contributed by atoms with Crippen LogP contribution in [0.4, 0.5) is 0 Å². The molecule has 0 bridgehead atoms. The summed E-state index contributed by atoms with van der Waals surface area (Å²) in [5.41, 5.74) is 1.69. The molecular weight excluding hydrogens is 863 g/mol. The first-order valence-electron chi connectivity index (χ1n) is 21.0. The summed E-state index contributed by atoms with van der Waals surface area (Å²) in [5, 5.41) is 4.75. The highest BCUT2D eigenvalue weighted by Gasteiger charge is 2.38. The summed E-state index contributed by atoms with van der Waals surface area (Å²) in [4.78, 5) is 124. The molecule has 342 valence electrons. The lowest BCUT2D eigenvalue weighted by molar-refractivity contribution is -0.139. The third-order valence-electron chi connectivity index (χ3n) is 9.89. The van der Waals surface area contributed by atoms with Gasteiger partial charge in [0.05, 0.1) is 31.7 Å². The summed E-state index contributed by atoms with van der Waals surface area (Å²) >= 11 is 1.18. The minimum Gasteiger partial charge on any atom is -0.379 e. The smallest absolute Gasteiger partial charge is 0.242 e. The van der Waals surface area contributed by atoms with Crippen molar-refractivity contribution < 1.29 is 62.2 Å². The van der Waals surface area contributed by atoms with E-state index in [0.717, 1.165) is 16.0 Å². The fourth-order valence-electron chi connectivity index (χ4n) is 6.12. The highest BCUT2D eigenvalue weighted by molar-refractivity contribution is 8.93. The van der Waals surface area contributed by atoms with Crippen molar-refractivity contribution in [1.82, 2.24) is 15.5 Å². The van der Waals surface area contributed by atoms with Crippen molar-refractivity contribution in [2.75, 3.05) is 65.0 Å². The molecule has 1 aromatic rings. The SMILES string of the molecule is CCC(=O)CCNC(=O)CCc1ccc(CC(=O)COCC(=O)CC[C@@H](CC(=O)CCSC2CC(=O)N(CCC(=O)NCCOCCOCCC(=O)C3SS3)C2=O)C(C)=O)cc1. The number of hydrogen-bond acceptors (Lipinski definition) is 16. The minimum absolute atomic E-state index is 0.00329. The van der Waals surface area contributed by atoms with Crippen LogP contribution in [0.1, 0.15) is 89.2 Å². The van der Waals surface area contributed by atoms with E-state index < -0.39 is 17.1 Å². The van der Waals surface area contributed by atoms with Crippen LogP contribution in [0.15, 0.2) is 24.3 Å². The molecule has 2 saturated heterocycles. The number of ether oxygens (including phenoxy) is 3. The summed E-state index contributed by atoms with van der Waals surface area (Å²) in [7, 11) is 3.11. The molecule has 2 fully saturated rings. The Morgan fingerprint density at radius 3 is 2.10 bits per heavy atom. The van der Waals surface area contributed by atoms with E-state index in [4.69, 9.17) is 14.2 Å². The molecule has 1 unspecified atom stereocenters. The van der Waals surface area contributed by atoms with E-state index in [9.17, 15) is 47.9 Å². The molecule has 2 aliphatic rings. The number of Topliss-reactive ketones (excluding diaryl/α,β-unsaturated/α-hetero) is 6. The number of ketones is 6. The topological polar surface area (TPSA) is 226 Å². The molecule has 0 saturated carbocycles. The van der Waals surface area contributed by atoms with Gasteiger partial charge in [-0.3, -0.25) is 52.8 Å². The Bertz CT molecular complexity index is 1720. The molecule has 0 spiro atoms. The number of carbonyl (C=O) groups excluding carboxylic acids is 10. The number of rotatable bonds is 36. The number of imide groups is 1. The van der Waals surface area contributed by atoms with Crippen molar-refractivity contribution in [2.45, 2.75) is 101 Å². The van der Waals surface area contributed by atoms with Crippen molar-refractivity contribution in [3.05, 3.63) is 35.4 Å². The standard InChI is InChI=1S/C43H59N3O13S3/c1-3-33(48)12-16-44-39(53)11-8-30-4-6-31(7-5-30)24-36(51)28-59-27-35(50)10-9-32(29(2)47)25-34(49)15-23-60-38-26-41(55)46(42(38)56)18-13-40(54)45-17-20-58-22-21-57-19-14-37(52)43-61-62-43/h4-7,32,38,43H,3,8-28H2,1-2H3,(H,44,53)(H,45,54)/t32-,38?/m0/s1. The molecular formula is C43H59N3O13S3. The normalized spacial score (nSPS) is 15.3. The Morgan fingerprint density at radius 1 is 0.742 bits per heavy atom. The van der Waals surface area contributed by atoms with E-state index >= 15 is 0 Å². The first-order chi connectivity index (χ1) is 29.7. The van der Waals surface area contributed by atoms with Gasteiger partial charge in [-0.25, -0.2) is 0 Å². The Kier molecular flexibility index (Phi) is 25.1. The fourth-order valence-corrected chi connectivity index (χ4v) is 8.60. The number of thioether (sulfide) groups is 1. The molecule has 1 aromatic carbocycles. The quantitative estimate of drug-likeness (QED) is 0.0427. The van der Waals surface area contributed by atoms with Crippen LogP contribution in [0, 0.1) is 5.92 Å². The average Bonchev–Trinajstić information content (AvgIpc) is 4.06. The Balaban J connectivity index is 1.21. The molecule has 0 aromatic heterocycles.